The summed E-state index contributed by atoms with van der Waals surface area (Å²) in [5, 5.41) is 9.71. The summed E-state index contributed by atoms with van der Waals surface area (Å²) < 4.78 is 0. The van der Waals surface area contributed by atoms with Gasteiger partial charge in [-0.15, -0.1) is 0 Å². The molecule has 1 fully saturated rings. The maximum atomic E-state index is 3.60. The lowest BCUT2D eigenvalue weighted by atomic mass is 10.0. The van der Waals surface area contributed by atoms with Crippen molar-refractivity contribution in [3.05, 3.63) is 48.0 Å². The van der Waals surface area contributed by atoms with Crippen molar-refractivity contribution < 1.29 is 0 Å². The highest BCUT2D eigenvalue weighted by Crippen LogP contribution is 2.18. The van der Waals surface area contributed by atoms with Gasteiger partial charge in [0.25, 0.3) is 0 Å². The molecule has 94 valence electrons. The molecule has 0 amide bonds. The number of fused-ring (bicyclic) bond motifs is 1. The van der Waals surface area contributed by atoms with Gasteiger partial charge in [0.1, 0.15) is 0 Å². The summed E-state index contributed by atoms with van der Waals surface area (Å²) in [6.45, 7) is 4.44. The maximum absolute atomic E-state index is 3.60. The van der Waals surface area contributed by atoms with Crippen LogP contribution in [0.4, 0.5) is 0 Å². The van der Waals surface area contributed by atoms with E-state index in [1.165, 1.54) is 35.8 Å². The fraction of sp³-hybridized carbons (Fsp3) is 0.375. The lowest BCUT2D eigenvalue weighted by Gasteiger charge is -2.11. The predicted molar refractivity (Wildman–Crippen MR) is 76.6 cm³/mol. The van der Waals surface area contributed by atoms with Crippen LogP contribution in [-0.2, 0) is 6.54 Å². The van der Waals surface area contributed by atoms with Crippen LogP contribution in [-0.4, -0.2) is 19.6 Å². The maximum Gasteiger partial charge on any atom is 0.0211 e. The molecule has 2 aromatic carbocycles. The molecule has 0 aromatic heterocycles. The van der Waals surface area contributed by atoms with Crippen LogP contribution in [0.5, 0.6) is 0 Å². The van der Waals surface area contributed by atoms with Gasteiger partial charge in [-0.1, -0.05) is 42.5 Å². The Labute approximate surface area is 108 Å². The summed E-state index contributed by atoms with van der Waals surface area (Å²) in [5.74, 6) is 0.806. The van der Waals surface area contributed by atoms with E-state index in [2.05, 4.69) is 53.1 Å². The van der Waals surface area contributed by atoms with Gasteiger partial charge in [0.15, 0.2) is 0 Å². The summed E-state index contributed by atoms with van der Waals surface area (Å²) in [6.07, 6.45) is 1.31. The van der Waals surface area contributed by atoms with Crippen molar-refractivity contribution in [1.29, 1.82) is 0 Å². The van der Waals surface area contributed by atoms with E-state index < -0.39 is 0 Å². The first-order chi connectivity index (χ1) is 8.93. The van der Waals surface area contributed by atoms with Gasteiger partial charge in [-0.2, -0.15) is 0 Å². The standard InChI is InChI=1S/C16H20N2/c1-2-7-16-14(4-1)5-3-6-15(16)12-18-11-13-8-9-17-10-13/h1-7,13,17-18H,8-12H2. The molecule has 0 saturated carbocycles. The molecule has 0 spiro atoms. The lowest BCUT2D eigenvalue weighted by Crippen LogP contribution is -2.24. The zero-order valence-corrected chi connectivity index (χ0v) is 10.7. The molecule has 1 atom stereocenters. The lowest BCUT2D eigenvalue weighted by molar-refractivity contribution is 0.513. The second kappa shape index (κ2) is 5.51. The molecule has 2 heteroatoms. The molecule has 2 nitrogen and oxygen atoms in total. The van der Waals surface area contributed by atoms with E-state index in [0.717, 1.165) is 19.0 Å². The van der Waals surface area contributed by atoms with Crippen molar-refractivity contribution in [2.75, 3.05) is 19.6 Å². The molecule has 2 aromatic rings. The fourth-order valence-electron chi connectivity index (χ4n) is 2.75. The van der Waals surface area contributed by atoms with E-state index in [-0.39, 0.29) is 0 Å². The van der Waals surface area contributed by atoms with Crippen molar-refractivity contribution >= 4 is 10.8 Å². The highest BCUT2D eigenvalue weighted by atomic mass is 14.9. The number of hydrogen-bond acceptors (Lipinski definition) is 2. The fourth-order valence-corrected chi connectivity index (χ4v) is 2.75. The van der Waals surface area contributed by atoms with E-state index >= 15 is 0 Å². The molecule has 1 aliphatic rings. The zero-order valence-electron chi connectivity index (χ0n) is 10.7. The Morgan fingerprint density at radius 1 is 1.11 bits per heavy atom. The largest absolute Gasteiger partial charge is 0.316 e. The molecule has 0 aliphatic carbocycles. The third-order valence-electron chi connectivity index (χ3n) is 3.79. The van der Waals surface area contributed by atoms with Crippen molar-refractivity contribution in [1.82, 2.24) is 10.6 Å². The minimum atomic E-state index is 0.806. The van der Waals surface area contributed by atoms with E-state index in [1.54, 1.807) is 0 Å². The highest BCUT2D eigenvalue weighted by Gasteiger charge is 2.13. The number of benzene rings is 2. The minimum absolute atomic E-state index is 0.806. The van der Waals surface area contributed by atoms with Gasteiger partial charge in [0.05, 0.1) is 0 Å². The van der Waals surface area contributed by atoms with E-state index in [0.29, 0.717) is 0 Å². The Morgan fingerprint density at radius 2 is 2.00 bits per heavy atom. The molecule has 2 N–H and O–H groups in total. The topological polar surface area (TPSA) is 24.1 Å². The molecule has 3 rings (SSSR count). The number of nitrogens with one attached hydrogen (secondary N) is 2. The van der Waals surface area contributed by atoms with Crippen LogP contribution in [0.1, 0.15) is 12.0 Å². The van der Waals surface area contributed by atoms with Crippen LogP contribution in [0, 0.1) is 5.92 Å². The Morgan fingerprint density at radius 3 is 2.89 bits per heavy atom. The SMILES string of the molecule is c1ccc2c(CNCC3CCNC3)cccc2c1. The van der Waals surface area contributed by atoms with Crippen LogP contribution >= 0.6 is 0 Å². The van der Waals surface area contributed by atoms with Gasteiger partial charge in [-0.3, -0.25) is 0 Å². The van der Waals surface area contributed by atoms with Crippen molar-refractivity contribution in [2.45, 2.75) is 13.0 Å². The van der Waals surface area contributed by atoms with Crippen LogP contribution in [0.2, 0.25) is 0 Å². The van der Waals surface area contributed by atoms with E-state index in [4.69, 9.17) is 0 Å². The van der Waals surface area contributed by atoms with E-state index in [9.17, 15) is 0 Å². The monoisotopic (exact) mass is 240 g/mol. The smallest absolute Gasteiger partial charge is 0.0211 e. The molecule has 0 bridgehead atoms. The van der Waals surface area contributed by atoms with Gasteiger partial charge in [0, 0.05) is 6.54 Å². The number of hydrogen-bond donors (Lipinski definition) is 2. The van der Waals surface area contributed by atoms with Crippen LogP contribution < -0.4 is 10.6 Å². The minimum Gasteiger partial charge on any atom is -0.316 e. The second-order valence-electron chi connectivity index (χ2n) is 5.13. The first-order valence-electron chi connectivity index (χ1n) is 6.81. The van der Waals surface area contributed by atoms with Crippen LogP contribution in [0.25, 0.3) is 10.8 Å². The molecule has 1 saturated heterocycles. The Hall–Kier alpha value is -1.38. The van der Waals surface area contributed by atoms with Crippen LogP contribution in [0.3, 0.4) is 0 Å². The van der Waals surface area contributed by atoms with Gasteiger partial charge in [-0.25, -0.2) is 0 Å². The summed E-state index contributed by atoms with van der Waals surface area (Å²) in [7, 11) is 0. The third kappa shape index (κ3) is 2.55. The predicted octanol–water partition coefficient (Wildman–Crippen LogP) is 2.54. The van der Waals surface area contributed by atoms with Gasteiger partial charge in [-0.05, 0) is 48.3 Å². The Kier molecular flexibility index (Phi) is 3.58. The summed E-state index contributed by atoms with van der Waals surface area (Å²) in [6, 6.07) is 15.2. The second-order valence-corrected chi connectivity index (χ2v) is 5.13. The summed E-state index contributed by atoms with van der Waals surface area (Å²) >= 11 is 0. The van der Waals surface area contributed by atoms with E-state index in [1.807, 2.05) is 0 Å². The molecule has 18 heavy (non-hydrogen) atoms. The average molecular weight is 240 g/mol. The molecule has 0 radical (unpaired) electrons. The Bertz CT molecular complexity index is 510. The summed E-state index contributed by atoms with van der Waals surface area (Å²) in [5.41, 5.74) is 1.40. The molecule has 1 heterocycles. The first-order valence-corrected chi connectivity index (χ1v) is 6.81. The van der Waals surface area contributed by atoms with Gasteiger partial charge in [0.2, 0.25) is 0 Å². The zero-order chi connectivity index (χ0) is 12.2. The normalized spacial score (nSPS) is 19.4. The highest BCUT2D eigenvalue weighted by molar-refractivity contribution is 5.85. The van der Waals surface area contributed by atoms with Crippen molar-refractivity contribution in [2.24, 2.45) is 5.92 Å². The molecular formula is C16H20N2. The van der Waals surface area contributed by atoms with Gasteiger partial charge < -0.3 is 10.6 Å². The Balaban J connectivity index is 1.66. The first kappa shape index (κ1) is 11.7. The molecular weight excluding hydrogens is 220 g/mol. The van der Waals surface area contributed by atoms with Gasteiger partial charge >= 0.3 is 0 Å². The molecule has 1 aliphatic heterocycles. The third-order valence-corrected chi connectivity index (χ3v) is 3.79. The average Bonchev–Trinajstić information content (AvgIpc) is 2.92. The number of rotatable bonds is 4. The van der Waals surface area contributed by atoms with Crippen molar-refractivity contribution in [3.8, 4) is 0 Å². The quantitative estimate of drug-likeness (QED) is 0.858. The molecule has 1 unspecified atom stereocenters. The van der Waals surface area contributed by atoms with Crippen LogP contribution in [0.15, 0.2) is 42.5 Å². The summed E-state index contributed by atoms with van der Waals surface area (Å²) in [4.78, 5) is 0. The van der Waals surface area contributed by atoms with Crippen molar-refractivity contribution in [3.63, 3.8) is 0 Å².